The van der Waals surface area contributed by atoms with Gasteiger partial charge in [0.2, 0.25) is 6.29 Å². The highest BCUT2D eigenvalue weighted by molar-refractivity contribution is 6.24. The molecule has 3 unspecified atom stereocenters. The van der Waals surface area contributed by atoms with E-state index >= 15 is 0 Å². The summed E-state index contributed by atoms with van der Waals surface area (Å²) in [7, 11) is 1.38. The van der Waals surface area contributed by atoms with Crippen LogP contribution in [0.3, 0.4) is 0 Å². The first-order valence-corrected chi connectivity index (χ1v) is 9.57. The third kappa shape index (κ3) is 4.09. The van der Waals surface area contributed by atoms with Crippen LogP contribution in [0.4, 0.5) is 10.5 Å². The Morgan fingerprint density at radius 3 is 2.61 bits per heavy atom. The molecular formula is C19H23ClN2O9. The number of halogens is 1. The monoisotopic (exact) mass is 458 g/mol. The van der Waals surface area contributed by atoms with Crippen molar-refractivity contribution in [2.45, 2.75) is 51.0 Å². The number of amides is 1. The quantitative estimate of drug-likeness (QED) is 0.383. The molecule has 0 bridgehead atoms. The molecule has 11 nitrogen and oxygen atoms in total. The predicted molar refractivity (Wildman–Crippen MR) is 109 cm³/mol. The van der Waals surface area contributed by atoms with Gasteiger partial charge >= 0.3 is 11.7 Å². The van der Waals surface area contributed by atoms with Crippen molar-refractivity contribution < 1.29 is 38.4 Å². The number of nitrogens with two attached hydrogens (primary N) is 1. The maximum atomic E-state index is 12.0. The smallest absolute Gasteiger partial charge is 0.404 e. The van der Waals surface area contributed by atoms with Crippen molar-refractivity contribution in [2.75, 3.05) is 11.9 Å². The van der Waals surface area contributed by atoms with Gasteiger partial charge in [0.05, 0.1) is 11.0 Å². The van der Waals surface area contributed by atoms with E-state index in [1.165, 1.54) is 19.2 Å². The fourth-order valence-electron chi connectivity index (χ4n) is 3.65. The number of nitrogens with one attached hydrogen (secondary N) is 1. The molecule has 1 amide bonds. The second-order valence-electron chi connectivity index (χ2n) is 7.53. The Labute approximate surface area is 181 Å². The summed E-state index contributed by atoms with van der Waals surface area (Å²) in [6.45, 7) is 4.93. The Morgan fingerprint density at radius 1 is 1.35 bits per heavy atom. The molecule has 0 spiro atoms. The number of aliphatic hydroxyl groups is 1. The number of hydrogen-bond acceptors (Lipinski definition) is 10. The summed E-state index contributed by atoms with van der Waals surface area (Å²) in [5.41, 5.74) is 3.33. The molecule has 0 radical (unpaired) electrons. The molecule has 1 aromatic heterocycles. The molecule has 0 saturated carbocycles. The molecule has 5 N–H and O–H groups in total. The lowest BCUT2D eigenvalue weighted by Gasteiger charge is -2.47. The number of hydrogen-bond donors (Lipinski definition) is 4. The highest BCUT2D eigenvalue weighted by Gasteiger charge is 2.53. The molecule has 1 aromatic carbocycles. The lowest BCUT2D eigenvalue weighted by molar-refractivity contribution is -0.304. The van der Waals surface area contributed by atoms with Gasteiger partial charge < -0.3 is 39.3 Å². The molecule has 4 atom stereocenters. The van der Waals surface area contributed by atoms with Crippen LogP contribution in [0, 0.1) is 6.92 Å². The number of anilines is 1. The van der Waals surface area contributed by atoms with E-state index in [1.807, 2.05) is 0 Å². The van der Waals surface area contributed by atoms with Crippen molar-refractivity contribution >= 4 is 34.5 Å². The van der Waals surface area contributed by atoms with Crippen LogP contribution in [0.25, 0.3) is 11.0 Å². The number of aliphatic hydroxyl groups excluding tert-OH is 1. The fourth-order valence-corrected chi connectivity index (χ4v) is 3.81. The molecule has 170 valence electrons. The summed E-state index contributed by atoms with van der Waals surface area (Å²) in [5, 5.41) is 21.2. The largest absolute Gasteiger partial charge is 0.505 e. The first kappa shape index (κ1) is 22.9. The number of methoxy groups -OCH3 is 1. The molecule has 0 aliphatic carbocycles. The van der Waals surface area contributed by atoms with Crippen LogP contribution in [0.5, 0.6) is 11.5 Å². The van der Waals surface area contributed by atoms with Crippen LogP contribution < -0.4 is 20.9 Å². The maximum absolute atomic E-state index is 12.0. The number of carbonyl (C=O) groups is 1. The maximum Gasteiger partial charge on any atom is 0.404 e. The van der Waals surface area contributed by atoms with Crippen LogP contribution in [0.15, 0.2) is 21.3 Å². The second kappa shape index (κ2) is 8.42. The number of ether oxygens (including phenoxy) is 4. The fraction of sp³-hybridized carbons (Fsp3) is 0.474. The molecule has 1 fully saturated rings. The number of aryl methyl sites for hydroxylation is 1. The van der Waals surface area contributed by atoms with Gasteiger partial charge in [-0.15, -0.1) is 0 Å². The van der Waals surface area contributed by atoms with Crippen molar-refractivity contribution in [3.63, 3.8) is 0 Å². The van der Waals surface area contributed by atoms with Crippen LogP contribution in [-0.2, 0) is 14.2 Å². The van der Waals surface area contributed by atoms with E-state index in [0.29, 0.717) is 5.56 Å². The van der Waals surface area contributed by atoms with Crippen molar-refractivity contribution in [1.82, 2.24) is 0 Å². The van der Waals surface area contributed by atoms with Gasteiger partial charge in [-0.05, 0) is 32.9 Å². The predicted octanol–water partition coefficient (Wildman–Crippen LogP) is 1.73. The van der Waals surface area contributed by atoms with Crippen molar-refractivity contribution in [3.8, 4) is 11.5 Å². The van der Waals surface area contributed by atoms with Gasteiger partial charge in [0.1, 0.15) is 17.4 Å². The Bertz CT molecular complexity index is 1050. The summed E-state index contributed by atoms with van der Waals surface area (Å²) < 4.78 is 27.4. The van der Waals surface area contributed by atoms with Crippen LogP contribution in [-0.4, -0.2) is 53.6 Å². The number of carbonyl (C=O) groups excluding carboxylic acids is 1. The molecule has 1 aliphatic heterocycles. The summed E-state index contributed by atoms with van der Waals surface area (Å²) in [4.78, 5) is 25.4. The normalized spacial score (nSPS) is 25.2. The Hall–Kier alpha value is -2.73. The lowest BCUT2D eigenvalue weighted by Crippen LogP contribution is -2.65. The van der Waals surface area contributed by atoms with E-state index in [-0.39, 0.29) is 28.2 Å². The van der Waals surface area contributed by atoms with E-state index in [1.54, 1.807) is 20.8 Å². The first-order chi connectivity index (χ1) is 14.5. The Morgan fingerprint density at radius 2 is 2.03 bits per heavy atom. The van der Waals surface area contributed by atoms with Crippen molar-refractivity contribution in [1.29, 1.82) is 0 Å². The highest BCUT2D eigenvalue weighted by Crippen LogP contribution is 2.38. The SMILES string of the molecule is COC1C(OC(N)=O)C(O)[C@H](Oc2ccc3c(O)c(NCl)c(=O)oc3c2C)OC1(C)C. The minimum Gasteiger partial charge on any atom is -0.505 e. The molecule has 3 rings (SSSR count). The number of primary amides is 1. The molecule has 2 heterocycles. The van der Waals surface area contributed by atoms with Gasteiger partial charge in [0, 0.05) is 24.4 Å². The van der Waals surface area contributed by atoms with Gasteiger partial charge in [-0.2, -0.15) is 0 Å². The average molecular weight is 459 g/mol. The topological polar surface area (TPSA) is 163 Å². The minimum atomic E-state index is -1.45. The van der Waals surface area contributed by atoms with Gasteiger partial charge in [-0.25, -0.2) is 9.59 Å². The minimum absolute atomic E-state index is 0.0555. The third-order valence-corrected chi connectivity index (χ3v) is 5.30. The van der Waals surface area contributed by atoms with E-state index in [9.17, 15) is 19.8 Å². The Kier molecular flexibility index (Phi) is 6.23. The summed E-state index contributed by atoms with van der Waals surface area (Å²) >= 11 is 5.46. The standard InChI is InChI=1S/C19H23ClN2O9/c1-7-9(6-5-8-11(23)10(22-20)16(25)29-13(7)8)28-17-12(24)14(30-18(21)26)15(27-4)19(2,3)31-17/h5-6,12,14-15,17,22-24H,1-4H3,(H2,21,26)/t12?,14?,15?,17-/m1/s1. The zero-order chi connectivity index (χ0) is 23.1. The number of aromatic hydroxyl groups is 1. The van der Waals surface area contributed by atoms with Crippen LogP contribution in [0.1, 0.15) is 19.4 Å². The molecule has 2 aromatic rings. The van der Waals surface area contributed by atoms with Gasteiger partial charge in [0.25, 0.3) is 0 Å². The molecule has 31 heavy (non-hydrogen) atoms. The molecular weight excluding hydrogens is 436 g/mol. The zero-order valence-corrected chi connectivity index (χ0v) is 17.9. The number of benzene rings is 1. The number of fused-ring (bicyclic) bond motifs is 1. The first-order valence-electron chi connectivity index (χ1n) is 9.19. The second-order valence-corrected chi connectivity index (χ2v) is 7.72. The highest BCUT2D eigenvalue weighted by atomic mass is 35.5. The van der Waals surface area contributed by atoms with Crippen molar-refractivity contribution in [2.24, 2.45) is 5.73 Å². The van der Waals surface area contributed by atoms with Crippen molar-refractivity contribution in [3.05, 3.63) is 28.1 Å². The molecule has 12 heteroatoms. The zero-order valence-electron chi connectivity index (χ0n) is 17.2. The van der Waals surface area contributed by atoms with Gasteiger partial charge in [0.15, 0.2) is 23.6 Å². The molecule has 1 saturated heterocycles. The van der Waals surface area contributed by atoms with Crippen LogP contribution in [0.2, 0.25) is 0 Å². The van der Waals surface area contributed by atoms with Gasteiger partial charge in [-0.3, -0.25) is 4.84 Å². The average Bonchev–Trinajstić information content (AvgIpc) is 2.68. The van der Waals surface area contributed by atoms with Crippen LogP contribution >= 0.6 is 11.8 Å². The van der Waals surface area contributed by atoms with E-state index in [0.717, 1.165) is 0 Å². The number of rotatable bonds is 5. The third-order valence-electron chi connectivity index (χ3n) is 5.11. The Balaban J connectivity index is 2.00. The summed E-state index contributed by atoms with van der Waals surface area (Å²) in [5.74, 6) is -0.195. The van der Waals surface area contributed by atoms with E-state index in [2.05, 4.69) is 4.84 Å². The molecule has 1 aliphatic rings. The van der Waals surface area contributed by atoms with Gasteiger partial charge in [-0.1, -0.05) is 0 Å². The van der Waals surface area contributed by atoms with E-state index < -0.39 is 41.9 Å². The summed E-state index contributed by atoms with van der Waals surface area (Å²) in [6, 6.07) is 2.94. The lowest BCUT2D eigenvalue weighted by atomic mass is 9.89. The summed E-state index contributed by atoms with van der Waals surface area (Å²) in [6.07, 6.45) is -5.83. The van der Waals surface area contributed by atoms with E-state index in [4.69, 9.17) is 40.9 Å².